The molecule has 0 saturated heterocycles. The van der Waals surface area contributed by atoms with Gasteiger partial charge in [-0.1, -0.05) is 170 Å². The quantitative estimate of drug-likeness (QED) is 0.161. The van der Waals surface area contributed by atoms with Gasteiger partial charge in [0.2, 0.25) is 0 Å². The van der Waals surface area contributed by atoms with Crippen LogP contribution >= 0.6 is 22.7 Å². The number of para-hydroxylation sites is 1. The zero-order valence-electron chi connectivity index (χ0n) is 38.7. The summed E-state index contributed by atoms with van der Waals surface area (Å²) in [6.45, 7) is 0. The Bertz CT molecular complexity index is 4170. The molecular formula is C60H37NS2. The molecule has 13 rings (SSSR count). The van der Waals surface area contributed by atoms with Crippen molar-refractivity contribution in [3.05, 3.63) is 224 Å². The number of rotatable bonds is 6. The first-order valence-electron chi connectivity index (χ1n) is 23.6. The van der Waals surface area contributed by atoms with Crippen LogP contribution in [0, 0.1) is 0 Å². The van der Waals surface area contributed by atoms with Crippen LogP contribution in [0.15, 0.2) is 224 Å². The Morgan fingerprint density at radius 1 is 0.333 bits per heavy atom. The maximum Gasteiger partial charge on any atom is 0.0645 e. The first-order chi connectivity index (χ1) is 33.3. The Balaban J connectivity index is 0.865. The number of thiophene rings is 2. The van der Waals surface area contributed by atoms with Gasteiger partial charge in [0.15, 0.2) is 0 Å². The van der Waals surface area contributed by atoms with Crippen molar-refractivity contribution in [2.45, 2.75) is 0 Å². The Morgan fingerprint density at radius 2 is 0.841 bits per heavy atom. The summed E-state index contributed by atoms with van der Waals surface area (Å²) in [5, 5.41) is 12.4. The van der Waals surface area contributed by atoms with E-state index in [2.05, 4.69) is 158 Å². The SMILES string of the molecule is [2H]c1c([2H])c([2H])c(N(c2ccc(-c3ccc(-c4ccc5sc6c7ccccc7ccc6c5c4)cc3)cc2)c2ccc(-c3cc4sc5c6ccccc6ccc5c4c4ccccc34)cc2)c([2H])c1[2H]. The van der Waals surface area contributed by atoms with E-state index in [-0.39, 0.29) is 29.9 Å². The third-order valence-corrected chi connectivity index (χ3v) is 15.0. The minimum atomic E-state index is -0.424. The molecule has 0 fully saturated rings. The lowest BCUT2D eigenvalue weighted by Crippen LogP contribution is -2.09. The summed E-state index contributed by atoms with van der Waals surface area (Å²) in [6, 6.07) is 66.7. The van der Waals surface area contributed by atoms with Gasteiger partial charge >= 0.3 is 0 Å². The summed E-state index contributed by atoms with van der Waals surface area (Å²) in [4.78, 5) is 1.78. The largest absolute Gasteiger partial charge is 0.311 e. The highest BCUT2D eigenvalue weighted by Gasteiger charge is 2.17. The molecule has 0 radical (unpaired) electrons. The van der Waals surface area contributed by atoms with Crippen LogP contribution in [0.25, 0.3) is 106 Å². The molecule has 0 amide bonds. The van der Waals surface area contributed by atoms with Gasteiger partial charge in [0, 0.05) is 57.4 Å². The van der Waals surface area contributed by atoms with Crippen LogP contribution in [0.3, 0.4) is 0 Å². The van der Waals surface area contributed by atoms with Crippen molar-refractivity contribution in [1.82, 2.24) is 0 Å². The zero-order valence-corrected chi connectivity index (χ0v) is 35.4. The highest BCUT2D eigenvalue weighted by atomic mass is 32.1. The van der Waals surface area contributed by atoms with E-state index in [1.54, 1.807) is 4.90 Å². The summed E-state index contributed by atoms with van der Waals surface area (Å²) < 4.78 is 48.8. The Hall–Kier alpha value is -7.56. The van der Waals surface area contributed by atoms with Gasteiger partial charge in [-0.2, -0.15) is 0 Å². The van der Waals surface area contributed by atoms with E-state index in [0.717, 1.165) is 38.8 Å². The molecule has 0 aliphatic heterocycles. The molecule has 0 bridgehead atoms. The van der Waals surface area contributed by atoms with E-state index in [0.29, 0.717) is 11.4 Å². The van der Waals surface area contributed by atoms with E-state index in [9.17, 15) is 0 Å². The molecule has 294 valence electrons. The molecule has 63 heavy (non-hydrogen) atoms. The molecule has 2 aromatic heterocycles. The van der Waals surface area contributed by atoms with Gasteiger partial charge in [-0.3, -0.25) is 0 Å². The molecular weight excluding hydrogens is 799 g/mol. The summed E-state index contributed by atoms with van der Waals surface area (Å²) in [5.41, 5.74) is 7.90. The monoisotopic (exact) mass is 840 g/mol. The molecule has 0 saturated carbocycles. The topological polar surface area (TPSA) is 3.24 Å². The maximum atomic E-state index is 9.07. The summed E-state index contributed by atoms with van der Waals surface area (Å²) >= 11 is 3.67. The van der Waals surface area contributed by atoms with Crippen LogP contribution in [0.4, 0.5) is 17.1 Å². The van der Waals surface area contributed by atoms with Crippen molar-refractivity contribution < 1.29 is 6.85 Å². The van der Waals surface area contributed by atoms with Gasteiger partial charge in [-0.05, 0) is 120 Å². The third-order valence-electron chi connectivity index (χ3n) is 12.6. The van der Waals surface area contributed by atoms with E-state index < -0.39 is 6.04 Å². The fourth-order valence-electron chi connectivity index (χ4n) is 9.50. The summed E-state index contributed by atoms with van der Waals surface area (Å²) in [5.74, 6) is 0. The van der Waals surface area contributed by atoms with Gasteiger partial charge < -0.3 is 4.90 Å². The minimum Gasteiger partial charge on any atom is -0.311 e. The second kappa shape index (κ2) is 14.5. The lowest BCUT2D eigenvalue weighted by molar-refractivity contribution is 1.28. The Kier molecular flexibility index (Phi) is 7.22. The van der Waals surface area contributed by atoms with Crippen LogP contribution in [0.2, 0.25) is 0 Å². The molecule has 0 atom stereocenters. The molecule has 1 nitrogen and oxygen atoms in total. The van der Waals surface area contributed by atoms with Crippen LogP contribution in [-0.4, -0.2) is 0 Å². The van der Waals surface area contributed by atoms with E-state index >= 15 is 0 Å². The number of hydrogen-bond acceptors (Lipinski definition) is 3. The first-order valence-corrected chi connectivity index (χ1v) is 22.7. The molecule has 0 spiro atoms. The molecule has 2 heterocycles. The zero-order chi connectivity index (χ0) is 45.8. The smallest absolute Gasteiger partial charge is 0.0645 e. The Labute approximate surface area is 380 Å². The predicted octanol–water partition coefficient (Wildman–Crippen LogP) is 18.4. The third kappa shape index (κ3) is 5.96. The molecule has 3 heteroatoms. The second-order valence-corrected chi connectivity index (χ2v) is 18.2. The summed E-state index contributed by atoms with van der Waals surface area (Å²) in [7, 11) is 0. The maximum absolute atomic E-state index is 9.07. The average Bonchev–Trinajstić information content (AvgIpc) is 3.98. The van der Waals surface area contributed by atoms with Crippen molar-refractivity contribution >= 4 is 112 Å². The van der Waals surface area contributed by atoms with Crippen molar-refractivity contribution in [3.63, 3.8) is 0 Å². The van der Waals surface area contributed by atoms with Crippen LogP contribution < -0.4 is 4.90 Å². The van der Waals surface area contributed by atoms with Crippen LogP contribution in [0.5, 0.6) is 0 Å². The fourth-order valence-corrected chi connectivity index (χ4v) is 12.0. The van der Waals surface area contributed by atoms with Crippen LogP contribution in [-0.2, 0) is 0 Å². The molecule has 11 aromatic carbocycles. The molecule has 0 aliphatic carbocycles. The fraction of sp³-hybridized carbons (Fsp3) is 0. The molecule has 0 aliphatic rings. The number of hydrogen-bond donors (Lipinski definition) is 0. The van der Waals surface area contributed by atoms with Gasteiger partial charge in [-0.15, -0.1) is 22.7 Å². The second-order valence-electron chi connectivity index (χ2n) is 16.1. The lowest BCUT2D eigenvalue weighted by Gasteiger charge is -2.26. The van der Waals surface area contributed by atoms with E-state index in [1.165, 1.54) is 67.3 Å². The van der Waals surface area contributed by atoms with Gasteiger partial charge in [-0.25, -0.2) is 0 Å². The van der Waals surface area contributed by atoms with Crippen molar-refractivity contribution in [2.75, 3.05) is 4.90 Å². The molecule has 13 aromatic rings. The molecule has 0 unspecified atom stereocenters. The standard InChI is InChI=1S/C60H37NS2/c1-2-12-45(13-3-1)61(47-31-24-43(25-32-47)54-37-57-58(51-17-9-8-16-50(51)54)53-34-27-42-11-5-7-15-49(42)60(53)63-57)46-29-22-39(23-30-46)38-18-20-40(21-19-38)44-28-35-56-55(36-44)52-33-26-41-10-4-6-14-48(41)59(52)62-56/h1-37H/i1D,2D,3D,12D,13D. The normalized spacial score (nSPS) is 12.9. The van der Waals surface area contributed by atoms with Crippen molar-refractivity contribution in [2.24, 2.45) is 0 Å². The summed E-state index contributed by atoms with van der Waals surface area (Å²) in [6.07, 6.45) is 0. The first kappa shape index (κ1) is 31.3. The number of nitrogens with zero attached hydrogens (tertiary/aromatic N) is 1. The molecule has 0 N–H and O–H groups in total. The van der Waals surface area contributed by atoms with Crippen molar-refractivity contribution in [3.8, 4) is 33.4 Å². The van der Waals surface area contributed by atoms with Gasteiger partial charge in [0.1, 0.15) is 0 Å². The number of benzene rings is 11. The van der Waals surface area contributed by atoms with Crippen LogP contribution in [0.1, 0.15) is 6.85 Å². The number of anilines is 3. The minimum absolute atomic E-state index is 0.0915. The predicted molar refractivity (Wildman–Crippen MR) is 276 cm³/mol. The Morgan fingerprint density at radius 3 is 1.51 bits per heavy atom. The van der Waals surface area contributed by atoms with E-state index in [4.69, 9.17) is 6.85 Å². The number of fused-ring (bicyclic) bond motifs is 12. The highest BCUT2D eigenvalue weighted by molar-refractivity contribution is 7.27. The van der Waals surface area contributed by atoms with Gasteiger partial charge in [0.05, 0.1) is 6.85 Å². The highest BCUT2D eigenvalue weighted by Crippen LogP contribution is 2.46. The van der Waals surface area contributed by atoms with Crippen molar-refractivity contribution in [1.29, 1.82) is 0 Å². The van der Waals surface area contributed by atoms with Gasteiger partial charge in [0.25, 0.3) is 0 Å². The lowest BCUT2D eigenvalue weighted by atomic mass is 9.94. The average molecular weight is 841 g/mol. The van der Waals surface area contributed by atoms with E-state index in [1.807, 2.05) is 59.1 Å².